The summed E-state index contributed by atoms with van der Waals surface area (Å²) >= 11 is 1.57. The monoisotopic (exact) mass is 313 g/mol. The Labute approximate surface area is 133 Å². The number of rotatable bonds is 5. The lowest BCUT2D eigenvalue weighted by molar-refractivity contribution is -0.121. The summed E-state index contributed by atoms with van der Waals surface area (Å²) < 4.78 is 2.02. The maximum Gasteiger partial charge on any atom is 0.226 e. The predicted octanol–water partition coefficient (Wildman–Crippen LogP) is 3.52. The molecular weight excluding hydrogens is 294 g/mol. The summed E-state index contributed by atoms with van der Waals surface area (Å²) in [6.07, 6.45) is 3.33. The van der Waals surface area contributed by atoms with Gasteiger partial charge >= 0.3 is 0 Å². The van der Waals surface area contributed by atoms with Gasteiger partial charge in [0, 0.05) is 28.9 Å². The van der Waals surface area contributed by atoms with Crippen LogP contribution in [0.5, 0.6) is 0 Å². The highest BCUT2D eigenvalue weighted by Crippen LogP contribution is 2.23. The number of amides is 1. The standard InChI is InChI=1S/C17H19N3OS/c1-3-12(2)18-16(21)9-14-11-22-17-19-15(10-20(14)17)13-7-5-4-6-8-13/h4-8,10-12H,3,9H2,1-2H3,(H,18,21)/t12-/m0/s1. The van der Waals surface area contributed by atoms with Gasteiger partial charge in [-0.1, -0.05) is 37.3 Å². The average Bonchev–Trinajstić information content (AvgIpc) is 3.10. The van der Waals surface area contributed by atoms with E-state index in [2.05, 4.69) is 17.2 Å². The smallest absolute Gasteiger partial charge is 0.226 e. The molecular formula is C17H19N3OS. The van der Waals surface area contributed by atoms with Crippen molar-refractivity contribution < 1.29 is 4.79 Å². The minimum absolute atomic E-state index is 0.0593. The van der Waals surface area contributed by atoms with Gasteiger partial charge in [0.05, 0.1) is 12.1 Å². The Balaban J connectivity index is 1.83. The van der Waals surface area contributed by atoms with Crippen molar-refractivity contribution in [3.8, 4) is 11.3 Å². The number of carbonyl (C=O) groups is 1. The lowest BCUT2D eigenvalue weighted by Crippen LogP contribution is -2.33. The van der Waals surface area contributed by atoms with Crippen LogP contribution in [0.2, 0.25) is 0 Å². The first-order valence-corrected chi connectivity index (χ1v) is 8.35. The number of fused-ring (bicyclic) bond motifs is 1. The van der Waals surface area contributed by atoms with Crippen molar-refractivity contribution in [1.29, 1.82) is 0 Å². The molecule has 114 valence electrons. The van der Waals surface area contributed by atoms with Crippen molar-refractivity contribution in [3.05, 3.63) is 47.6 Å². The van der Waals surface area contributed by atoms with Crippen molar-refractivity contribution >= 4 is 22.2 Å². The second-order valence-corrected chi connectivity index (χ2v) is 6.26. The van der Waals surface area contributed by atoms with Crippen molar-refractivity contribution in [1.82, 2.24) is 14.7 Å². The number of benzene rings is 1. The molecule has 3 aromatic rings. The first-order valence-electron chi connectivity index (χ1n) is 7.47. The molecule has 0 unspecified atom stereocenters. The maximum absolute atomic E-state index is 12.1. The summed E-state index contributed by atoms with van der Waals surface area (Å²) in [5.41, 5.74) is 3.01. The van der Waals surface area contributed by atoms with E-state index in [0.29, 0.717) is 6.42 Å². The Hall–Kier alpha value is -2.14. The molecule has 0 fully saturated rings. The molecule has 0 aliphatic heterocycles. The van der Waals surface area contributed by atoms with Crippen molar-refractivity contribution in [2.45, 2.75) is 32.7 Å². The van der Waals surface area contributed by atoms with E-state index in [4.69, 9.17) is 0 Å². The maximum atomic E-state index is 12.1. The van der Waals surface area contributed by atoms with Crippen LogP contribution in [0.15, 0.2) is 41.9 Å². The summed E-state index contributed by atoms with van der Waals surface area (Å²) in [6.45, 7) is 4.08. The van der Waals surface area contributed by atoms with E-state index >= 15 is 0 Å². The fourth-order valence-electron chi connectivity index (χ4n) is 2.30. The number of nitrogens with one attached hydrogen (secondary N) is 1. The Morgan fingerprint density at radius 2 is 2.14 bits per heavy atom. The number of imidazole rings is 1. The van der Waals surface area contributed by atoms with Crippen LogP contribution in [0.1, 0.15) is 26.0 Å². The van der Waals surface area contributed by atoms with Crippen molar-refractivity contribution in [2.75, 3.05) is 0 Å². The number of carbonyl (C=O) groups excluding carboxylic acids is 1. The van der Waals surface area contributed by atoms with Gasteiger partial charge < -0.3 is 5.32 Å². The Kier molecular flexibility index (Phi) is 4.24. The molecule has 2 aromatic heterocycles. The molecule has 3 rings (SSSR count). The van der Waals surface area contributed by atoms with E-state index in [1.54, 1.807) is 11.3 Å². The Morgan fingerprint density at radius 1 is 1.36 bits per heavy atom. The molecule has 0 bridgehead atoms. The minimum atomic E-state index is 0.0593. The second kappa shape index (κ2) is 6.32. The number of hydrogen-bond donors (Lipinski definition) is 1. The first-order chi connectivity index (χ1) is 10.7. The van der Waals surface area contributed by atoms with E-state index in [1.807, 2.05) is 53.2 Å². The van der Waals surface area contributed by atoms with Gasteiger partial charge in [-0.3, -0.25) is 9.20 Å². The number of aromatic nitrogens is 2. The van der Waals surface area contributed by atoms with Crippen LogP contribution in [0, 0.1) is 0 Å². The quantitative estimate of drug-likeness (QED) is 0.783. The molecule has 2 heterocycles. The summed E-state index contributed by atoms with van der Waals surface area (Å²) in [5, 5.41) is 5.01. The molecule has 5 heteroatoms. The zero-order valence-electron chi connectivity index (χ0n) is 12.7. The third kappa shape index (κ3) is 3.04. The summed E-state index contributed by atoms with van der Waals surface area (Å²) in [7, 11) is 0. The fourth-order valence-corrected chi connectivity index (χ4v) is 3.17. The van der Waals surface area contributed by atoms with Crippen LogP contribution in [0.3, 0.4) is 0 Å². The molecule has 4 nitrogen and oxygen atoms in total. The van der Waals surface area contributed by atoms with E-state index in [-0.39, 0.29) is 11.9 Å². The molecule has 0 aliphatic rings. The summed E-state index contributed by atoms with van der Waals surface area (Å²) in [6, 6.07) is 10.3. The molecule has 1 amide bonds. The van der Waals surface area contributed by atoms with Gasteiger partial charge in [-0.05, 0) is 13.3 Å². The highest BCUT2D eigenvalue weighted by molar-refractivity contribution is 7.15. The molecule has 1 N–H and O–H groups in total. The fraction of sp³-hybridized carbons (Fsp3) is 0.294. The van der Waals surface area contributed by atoms with E-state index < -0.39 is 0 Å². The van der Waals surface area contributed by atoms with Gasteiger partial charge in [0.2, 0.25) is 5.91 Å². The Morgan fingerprint density at radius 3 is 2.86 bits per heavy atom. The molecule has 0 aliphatic carbocycles. The molecule has 0 spiro atoms. The van der Waals surface area contributed by atoms with E-state index in [1.165, 1.54) is 0 Å². The van der Waals surface area contributed by atoms with Crippen LogP contribution < -0.4 is 5.32 Å². The molecule has 1 atom stereocenters. The number of thiazole rings is 1. The van der Waals surface area contributed by atoms with Crippen LogP contribution in [0.25, 0.3) is 16.2 Å². The van der Waals surface area contributed by atoms with Crippen molar-refractivity contribution in [3.63, 3.8) is 0 Å². The molecule has 0 radical (unpaired) electrons. The molecule has 0 saturated carbocycles. The Bertz CT molecular complexity index is 776. The highest BCUT2D eigenvalue weighted by Gasteiger charge is 2.13. The minimum Gasteiger partial charge on any atom is -0.353 e. The normalized spacial score (nSPS) is 12.5. The summed E-state index contributed by atoms with van der Waals surface area (Å²) in [4.78, 5) is 17.6. The largest absolute Gasteiger partial charge is 0.353 e. The van der Waals surface area contributed by atoms with Gasteiger partial charge in [0.25, 0.3) is 0 Å². The zero-order chi connectivity index (χ0) is 15.5. The van der Waals surface area contributed by atoms with Crippen LogP contribution in [-0.2, 0) is 11.2 Å². The third-order valence-electron chi connectivity index (χ3n) is 3.71. The van der Waals surface area contributed by atoms with Gasteiger partial charge in [0.1, 0.15) is 0 Å². The van der Waals surface area contributed by atoms with Gasteiger partial charge in [-0.2, -0.15) is 0 Å². The molecule has 0 saturated heterocycles. The third-order valence-corrected chi connectivity index (χ3v) is 4.60. The first kappa shape index (κ1) is 14.8. The predicted molar refractivity (Wildman–Crippen MR) is 90.1 cm³/mol. The second-order valence-electron chi connectivity index (χ2n) is 5.43. The summed E-state index contributed by atoms with van der Waals surface area (Å²) in [5.74, 6) is 0.0593. The average molecular weight is 313 g/mol. The number of hydrogen-bond acceptors (Lipinski definition) is 3. The highest BCUT2D eigenvalue weighted by atomic mass is 32.1. The molecule has 22 heavy (non-hydrogen) atoms. The lowest BCUT2D eigenvalue weighted by Gasteiger charge is -2.10. The van der Waals surface area contributed by atoms with Gasteiger partial charge in [-0.15, -0.1) is 11.3 Å². The lowest BCUT2D eigenvalue weighted by atomic mass is 10.2. The van der Waals surface area contributed by atoms with E-state index in [9.17, 15) is 4.79 Å². The van der Waals surface area contributed by atoms with Gasteiger partial charge in [0.15, 0.2) is 4.96 Å². The topological polar surface area (TPSA) is 46.4 Å². The van der Waals surface area contributed by atoms with Crippen LogP contribution in [0.4, 0.5) is 0 Å². The number of nitrogens with zero attached hydrogens (tertiary/aromatic N) is 2. The van der Waals surface area contributed by atoms with Crippen LogP contribution >= 0.6 is 11.3 Å². The van der Waals surface area contributed by atoms with Gasteiger partial charge in [-0.25, -0.2) is 4.98 Å². The molecule has 1 aromatic carbocycles. The zero-order valence-corrected chi connectivity index (χ0v) is 13.6. The van der Waals surface area contributed by atoms with Crippen molar-refractivity contribution in [2.24, 2.45) is 0 Å². The van der Waals surface area contributed by atoms with Crippen LogP contribution in [-0.4, -0.2) is 21.3 Å². The van der Waals surface area contributed by atoms with E-state index in [0.717, 1.165) is 28.3 Å². The SMILES string of the molecule is CC[C@H](C)NC(=O)Cc1csc2nc(-c3ccccc3)cn12.